The summed E-state index contributed by atoms with van der Waals surface area (Å²) >= 11 is 0. The van der Waals surface area contributed by atoms with Crippen molar-refractivity contribution >= 4 is 17.7 Å². The maximum absolute atomic E-state index is 12.4. The Morgan fingerprint density at radius 1 is 1.36 bits per heavy atom. The molecular formula is C16H20N2O4. The number of aryl methyl sites for hydroxylation is 1. The minimum absolute atomic E-state index is 0.237. The molecule has 6 nitrogen and oxygen atoms in total. The van der Waals surface area contributed by atoms with Crippen LogP contribution in [-0.4, -0.2) is 30.4 Å². The highest BCUT2D eigenvalue weighted by atomic mass is 16.5. The van der Waals surface area contributed by atoms with E-state index in [0.717, 1.165) is 11.3 Å². The molecule has 0 spiro atoms. The number of rotatable bonds is 5. The normalized spacial score (nSPS) is 17.8. The number of carbonyl (C=O) groups is 3. The van der Waals surface area contributed by atoms with Crippen molar-refractivity contribution in [2.45, 2.75) is 39.2 Å². The van der Waals surface area contributed by atoms with Crippen LogP contribution in [0, 0.1) is 0 Å². The van der Waals surface area contributed by atoms with E-state index >= 15 is 0 Å². The number of amides is 3. The van der Waals surface area contributed by atoms with Crippen LogP contribution in [-0.2, 0) is 16.0 Å². The highest BCUT2D eigenvalue weighted by molar-refractivity contribution is 6.04. The lowest BCUT2D eigenvalue weighted by Crippen LogP contribution is -2.52. The molecule has 1 unspecified atom stereocenters. The monoisotopic (exact) mass is 304 g/mol. The number of ether oxygens (including phenoxy) is 1. The van der Waals surface area contributed by atoms with Gasteiger partial charge in [0.25, 0.3) is 5.91 Å². The topological polar surface area (TPSA) is 84.5 Å². The first-order valence-corrected chi connectivity index (χ1v) is 7.45. The van der Waals surface area contributed by atoms with Gasteiger partial charge in [0.05, 0.1) is 6.61 Å². The van der Waals surface area contributed by atoms with Crippen LogP contribution in [0.1, 0.15) is 42.6 Å². The zero-order valence-electron chi connectivity index (χ0n) is 12.8. The number of carbonyl (C=O) groups excluding carboxylic acids is 3. The SMILES string of the molecule is CCOc1ccc(C(=O)NC2CCC(=O)NC2=O)c(CC)c1. The van der Waals surface area contributed by atoms with E-state index in [4.69, 9.17) is 4.74 Å². The summed E-state index contributed by atoms with van der Waals surface area (Å²) in [6, 6.07) is 4.61. The van der Waals surface area contributed by atoms with Gasteiger partial charge in [-0.05, 0) is 43.5 Å². The Bertz CT molecular complexity index is 598. The Morgan fingerprint density at radius 3 is 2.77 bits per heavy atom. The van der Waals surface area contributed by atoms with Crippen molar-refractivity contribution in [1.82, 2.24) is 10.6 Å². The Labute approximate surface area is 129 Å². The predicted octanol–water partition coefficient (Wildman–Crippen LogP) is 1.18. The lowest BCUT2D eigenvalue weighted by molar-refractivity contribution is -0.134. The highest BCUT2D eigenvalue weighted by Crippen LogP contribution is 2.19. The lowest BCUT2D eigenvalue weighted by Gasteiger charge is -2.22. The van der Waals surface area contributed by atoms with E-state index in [0.29, 0.717) is 25.0 Å². The van der Waals surface area contributed by atoms with Crippen LogP contribution in [0.2, 0.25) is 0 Å². The third-order valence-electron chi connectivity index (χ3n) is 3.56. The number of nitrogens with one attached hydrogen (secondary N) is 2. The smallest absolute Gasteiger partial charge is 0.252 e. The van der Waals surface area contributed by atoms with Gasteiger partial charge in [0, 0.05) is 12.0 Å². The van der Waals surface area contributed by atoms with Gasteiger partial charge in [0.2, 0.25) is 11.8 Å². The van der Waals surface area contributed by atoms with E-state index in [9.17, 15) is 14.4 Å². The molecule has 1 aromatic rings. The van der Waals surface area contributed by atoms with Crippen molar-refractivity contribution in [3.8, 4) is 5.75 Å². The maximum atomic E-state index is 12.4. The van der Waals surface area contributed by atoms with Crippen molar-refractivity contribution in [3.05, 3.63) is 29.3 Å². The second-order valence-corrected chi connectivity index (χ2v) is 5.08. The van der Waals surface area contributed by atoms with Gasteiger partial charge in [-0.3, -0.25) is 19.7 Å². The largest absolute Gasteiger partial charge is 0.494 e. The average molecular weight is 304 g/mol. The van der Waals surface area contributed by atoms with E-state index in [-0.39, 0.29) is 18.2 Å². The third-order valence-corrected chi connectivity index (χ3v) is 3.56. The first kappa shape index (κ1) is 16.0. The quantitative estimate of drug-likeness (QED) is 0.800. The first-order chi connectivity index (χ1) is 10.5. The van der Waals surface area contributed by atoms with E-state index in [1.54, 1.807) is 12.1 Å². The molecule has 0 aliphatic carbocycles. The maximum Gasteiger partial charge on any atom is 0.252 e. The first-order valence-electron chi connectivity index (χ1n) is 7.45. The summed E-state index contributed by atoms with van der Waals surface area (Å²) in [4.78, 5) is 35.2. The predicted molar refractivity (Wildman–Crippen MR) is 80.6 cm³/mol. The van der Waals surface area contributed by atoms with Crippen LogP contribution >= 0.6 is 0 Å². The molecule has 0 radical (unpaired) electrons. The Kier molecular flexibility index (Phi) is 5.14. The zero-order chi connectivity index (χ0) is 16.1. The molecule has 6 heteroatoms. The minimum Gasteiger partial charge on any atom is -0.494 e. The summed E-state index contributed by atoms with van der Waals surface area (Å²) in [5.74, 6) is -0.342. The fraction of sp³-hybridized carbons (Fsp3) is 0.438. The molecule has 1 atom stereocenters. The number of imide groups is 1. The fourth-order valence-electron chi connectivity index (χ4n) is 2.41. The van der Waals surface area contributed by atoms with Gasteiger partial charge in [0.15, 0.2) is 0 Å². The van der Waals surface area contributed by atoms with Crippen LogP contribution < -0.4 is 15.4 Å². The molecule has 2 N–H and O–H groups in total. The molecular weight excluding hydrogens is 284 g/mol. The molecule has 1 aliphatic heterocycles. The van der Waals surface area contributed by atoms with E-state index in [2.05, 4.69) is 10.6 Å². The Balaban J connectivity index is 2.12. The van der Waals surface area contributed by atoms with Crippen molar-refractivity contribution in [2.75, 3.05) is 6.61 Å². The fourth-order valence-corrected chi connectivity index (χ4v) is 2.41. The zero-order valence-corrected chi connectivity index (χ0v) is 12.8. The van der Waals surface area contributed by atoms with E-state index in [1.165, 1.54) is 0 Å². The van der Waals surface area contributed by atoms with Gasteiger partial charge >= 0.3 is 0 Å². The molecule has 0 bridgehead atoms. The molecule has 2 rings (SSSR count). The summed E-state index contributed by atoms with van der Waals surface area (Å²) in [6.45, 7) is 4.41. The second kappa shape index (κ2) is 7.06. The number of hydrogen-bond donors (Lipinski definition) is 2. The Morgan fingerprint density at radius 2 is 2.14 bits per heavy atom. The minimum atomic E-state index is -0.665. The van der Waals surface area contributed by atoms with E-state index < -0.39 is 11.9 Å². The van der Waals surface area contributed by atoms with Gasteiger partial charge in [-0.2, -0.15) is 0 Å². The van der Waals surface area contributed by atoms with Crippen LogP contribution in [0.4, 0.5) is 0 Å². The van der Waals surface area contributed by atoms with Gasteiger partial charge in [0.1, 0.15) is 11.8 Å². The van der Waals surface area contributed by atoms with E-state index in [1.807, 2.05) is 19.9 Å². The van der Waals surface area contributed by atoms with Crippen LogP contribution in [0.25, 0.3) is 0 Å². The molecule has 0 saturated carbocycles. The molecule has 1 saturated heterocycles. The second-order valence-electron chi connectivity index (χ2n) is 5.08. The van der Waals surface area contributed by atoms with Gasteiger partial charge in [-0.25, -0.2) is 0 Å². The molecule has 0 aromatic heterocycles. The van der Waals surface area contributed by atoms with Gasteiger partial charge in [-0.1, -0.05) is 6.92 Å². The standard InChI is InChI=1S/C16H20N2O4/c1-3-10-9-11(22-4-2)5-6-12(10)15(20)17-13-7-8-14(19)18-16(13)21/h5-6,9,13H,3-4,7-8H2,1-2H3,(H,17,20)(H,18,19,21). The average Bonchev–Trinajstić information content (AvgIpc) is 2.50. The Hall–Kier alpha value is -2.37. The van der Waals surface area contributed by atoms with Crippen LogP contribution in [0.3, 0.4) is 0 Å². The lowest BCUT2D eigenvalue weighted by atomic mass is 10.0. The summed E-state index contributed by atoms with van der Waals surface area (Å²) in [5.41, 5.74) is 1.38. The summed E-state index contributed by atoms with van der Waals surface area (Å²) in [6.07, 6.45) is 1.24. The summed E-state index contributed by atoms with van der Waals surface area (Å²) in [7, 11) is 0. The molecule has 1 heterocycles. The molecule has 22 heavy (non-hydrogen) atoms. The van der Waals surface area contributed by atoms with Crippen molar-refractivity contribution in [3.63, 3.8) is 0 Å². The highest BCUT2D eigenvalue weighted by Gasteiger charge is 2.28. The molecule has 1 aromatic carbocycles. The number of hydrogen-bond acceptors (Lipinski definition) is 4. The van der Waals surface area contributed by atoms with Crippen molar-refractivity contribution in [2.24, 2.45) is 0 Å². The van der Waals surface area contributed by atoms with Gasteiger partial charge < -0.3 is 10.1 Å². The summed E-state index contributed by atoms with van der Waals surface area (Å²) in [5, 5.41) is 4.92. The van der Waals surface area contributed by atoms with Crippen LogP contribution in [0.15, 0.2) is 18.2 Å². The molecule has 1 fully saturated rings. The van der Waals surface area contributed by atoms with Gasteiger partial charge in [-0.15, -0.1) is 0 Å². The summed E-state index contributed by atoms with van der Waals surface area (Å²) < 4.78 is 5.43. The van der Waals surface area contributed by atoms with Crippen molar-refractivity contribution < 1.29 is 19.1 Å². The molecule has 118 valence electrons. The van der Waals surface area contributed by atoms with Crippen molar-refractivity contribution in [1.29, 1.82) is 0 Å². The number of piperidine rings is 1. The third kappa shape index (κ3) is 3.63. The molecule has 1 aliphatic rings. The molecule has 3 amide bonds. The van der Waals surface area contributed by atoms with Crippen LogP contribution in [0.5, 0.6) is 5.75 Å². The number of benzene rings is 1.